The van der Waals surface area contributed by atoms with E-state index in [-0.39, 0.29) is 22.5 Å². The SMILES string of the molecule is CC(C)CC(NC(=O)CN(c1cccc(F)c1)S(=O)(=O)c1ccc2c(c1)OCCO2)c1ccccc1. The van der Waals surface area contributed by atoms with E-state index in [2.05, 4.69) is 5.32 Å². The lowest BCUT2D eigenvalue weighted by molar-refractivity contribution is -0.120. The van der Waals surface area contributed by atoms with E-state index in [1.807, 2.05) is 44.2 Å². The van der Waals surface area contributed by atoms with Gasteiger partial charge in [-0.2, -0.15) is 0 Å². The molecule has 0 aromatic heterocycles. The zero-order valence-corrected chi connectivity index (χ0v) is 21.0. The first-order valence-corrected chi connectivity index (χ1v) is 13.2. The highest BCUT2D eigenvalue weighted by Gasteiger charge is 2.30. The number of benzene rings is 3. The largest absolute Gasteiger partial charge is 0.486 e. The Morgan fingerprint density at radius 2 is 1.69 bits per heavy atom. The molecule has 1 amide bonds. The second-order valence-corrected chi connectivity index (χ2v) is 10.8. The van der Waals surface area contributed by atoms with E-state index in [1.165, 1.54) is 36.4 Å². The van der Waals surface area contributed by atoms with Gasteiger partial charge in [0.2, 0.25) is 5.91 Å². The van der Waals surface area contributed by atoms with Gasteiger partial charge in [-0.3, -0.25) is 9.10 Å². The summed E-state index contributed by atoms with van der Waals surface area (Å²) in [5, 5.41) is 2.97. The van der Waals surface area contributed by atoms with Crippen LogP contribution in [0.4, 0.5) is 10.1 Å². The molecule has 0 aliphatic carbocycles. The fraction of sp³-hybridized carbons (Fsp3) is 0.296. The highest BCUT2D eigenvalue weighted by atomic mass is 32.2. The lowest BCUT2D eigenvalue weighted by Crippen LogP contribution is -2.42. The van der Waals surface area contributed by atoms with Crippen molar-refractivity contribution in [2.24, 2.45) is 5.92 Å². The number of anilines is 1. The highest BCUT2D eigenvalue weighted by molar-refractivity contribution is 7.92. The number of halogens is 1. The van der Waals surface area contributed by atoms with Crippen LogP contribution in [-0.2, 0) is 14.8 Å². The maximum Gasteiger partial charge on any atom is 0.264 e. The van der Waals surface area contributed by atoms with E-state index in [4.69, 9.17) is 9.47 Å². The van der Waals surface area contributed by atoms with Crippen molar-refractivity contribution in [1.82, 2.24) is 5.32 Å². The molecular formula is C27H29FN2O5S. The number of hydrogen-bond donors (Lipinski definition) is 1. The van der Waals surface area contributed by atoms with Gasteiger partial charge in [0.1, 0.15) is 25.6 Å². The molecule has 0 radical (unpaired) electrons. The third-order valence-electron chi connectivity index (χ3n) is 5.73. The van der Waals surface area contributed by atoms with E-state index < -0.39 is 28.3 Å². The molecule has 3 aromatic carbocycles. The lowest BCUT2D eigenvalue weighted by Gasteiger charge is -2.27. The molecule has 7 nitrogen and oxygen atoms in total. The van der Waals surface area contributed by atoms with Gasteiger partial charge >= 0.3 is 0 Å². The number of nitrogens with one attached hydrogen (secondary N) is 1. The Bertz CT molecular complexity index is 1310. The Morgan fingerprint density at radius 1 is 0.972 bits per heavy atom. The zero-order valence-electron chi connectivity index (χ0n) is 20.2. The van der Waals surface area contributed by atoms with Gasteiger partial charge in [0, 0.05) is 6.07 Å². The summed E-state index contributed by atoms with van der Waals surface area (Å²) in [4.78, 5) is 13.1. The van der Waals surface area contributed by atoms with Gasteiger partial charge in [-0.1, -0.05) is 50.2 Å². The van der Waals surface area contributed by atoms with Gasteiger partial charge < -0.3 is 14.8 Å². The van der Waals surface area contributed by atoms with Gasteiger partial charge in [-0.15, -0.1) is 0 Å². The minimum Gasteiger partial charge on any atom is -0.486 e. The average Bonchev–Trinajstić information content (AvgIpc) is 2.86. The van der Waals surface area contributed by atoms with Crippen LogP contribution in [0.1, 0.15) is 31.9 Å². The third-order valence-corrected chi connectivity index (χ3v) is 7.50. The first-order chi connectivity index (χ1) is 17.2. The second-order valence-electron chi connectivity index (χ2n) is 8.96. The number of rotatable bonds is 9. The van der Waals surface area contributed by atoms with Gasteiger partial charge in [0.25, 0.3) is 10.0 Å². The smallest absolute Gasteiger partial charge is 0.264 e. The average molecular weight is 513 g/mol. The van der Waals surface area contributed by atoms with Gasteiger partial charge in [0.05, 0.1) is 16.6 Å². The zero-order chi connectivity index (χ0) is 25.7. The van der Waals surface area contributed by atoms with E-state index >= 15 is 0 Å². The number of hydrogen-bond acceptors (Lipinski definition) is 5. The van der Waals surface area contributed by atoms with E-state index in [9.17, 15) is 17.6 Å². The molecule has 0 bridgehead atoms. The maximum absolute atomic E-state index is 14.1. The van der Waals surface area contributed by atoms with Crippen molar-refractivity contribution >= 4 is 21.6 Å². The van der Waals surface area contributed by atoms with Crippen molar-refractivity contribution in [3.8, 4) is 11.5 Å². The Morgan fingerprint density at radius 3 is 2.39 bits per heavy atom. The number of sulfonamides is 1. The van der Waals surface area contributed by atoms with Crippen molar-refractivity contribution in [2.45, 2.75) is 31.2 Å². The molecule has 9 heteroatoms. The van der Waals surface area contributed by atoms with E-state index in [0.29, 0.717) is 31.1 Å². The number of carbonyl (C=O) groups is 1. The van der Waals surface area contributed by atoms with Crippen molar-refractivity contribution in [3.63, 3.8) is 0 Å². The van der Waals surface area contributed by atoms with Gasteiger partial charge in [0.15, 0.2) is 11.5 Å². The van der Waals surface area contributed by atoms with Crippen molar-refractivity contribution in [2.75, 3.05) is 24.1 Å². The van der Waals surface area contributed by atoms with Crippen LogP contribution in [0.5, 0.6) is 11.5 Å². The fourth-order valence-electron chi connectivity index (χ4n) is 4.06. The first kappa shape index (κ1) is 25.5. The minimum absolute atomic E-state index is 0.0418. The van der Waals surface area contributed by atoms with Crippen LogP contribution in [0.2, 0.25) is 0 Å². The molecule has 1 unspecified atom stereocenters. The third kappa shape index (κ3) is 5.96. The summed E-state index contributed by atoms with van der Waals surface area (Å²) in [5.41, 5.74) is 0.965. The summed E-state index contributed by atoms with van der Waals surface area (Å²) >= 11 is 0. The molecule has 0 saturated carbocycles. The molecule has 0 fully saturated rings. The van der Waals surface area contributed by atoms with Gasteiger partial charge in [-0.05, 0) is 48.2 Å². The highest BCUT2D eigenvalue weighted by Crippen LogP contribution is 2.34. The van der Waals surface area contributed by atoms with Crippen LogP contribution in [0.3, 0.4) is 0 Å². The fourth-order valence-corrected chi connectivity index (χ4v) is 5.49. The molecule has 1 aliphatic rings. The van der Waals surface area contributed by atoms with Crippen LogP contribution >= 0.6 is 0 Å². The summed E-state index contributed by atoms with van der Waals surface area (Å²) in [6, 6.07) is 18.6. The minimum atomic E-state index is -4.25. The standard InChI is InChI=1S/C27H29FN2O5S/c1-19(2)15-24(20-7-4-3-5-8-20)29-27(31)18-30(22-10-6-9-21(28)16-22)36(32,33)23-11-12-25-26(17-23)35-14-13-34-25/h3-12,16-17,19,24H,13-15,18H2,1-2H3,(H,29,31). The molecule has 0 spiro atoms. The molecule has 1 heterocycles. The molecule has 4 rings (SSSR count). The van der Waals surface area contributed by atoms with Crippen molar-refractivity contribution < 1.29 is 27.1 Å². The summed E-state index contributed by atoms with van der Waals surface area (Å²) < 4.78 is 53.5. The van der Waals surface area contributed by atoms with Crippen LogP contribution in [0.25, 0.3) is 0 Å². The number of carbonyl (C=O) groups excluding carboxylic acids is 1. The molecule has 36 heavy (non-hydrogen) atoms. The van der Waals surface area contributed by atoms with Crippen molar-refractivity contribution in [3.05, 3.63) is 84.2 Å². The van der Waals surface area contributed by atoms with Crippen LogP contribution < -0.4 is 19.1 Å². The normalized spacial score (nSPS) is 13.8. The predicted octanol–water partition coefficient (Wildman–Crippen LogP) is 4.70. The molecule has 0 saturated heterocycles. The Kier molecular flexibility index (Phi) is 7.79. The maximum atomic E-state index is 14.1. The Balaban J connectivity index is 1.65. The number of ether oxygens (including phenoxy) is 2. The summed E-state index contributed by atoms with van der Waals surface area (Å²) in [5.74, 6) is -0.0925. The van der Waals surface area contributed by atoms with Gasteiger partial charge in [-0.25, -0.2) is 12.8 Å². The van der Waals surface area contributed by atoms with E-state index in [0.717, 1.165) is 15.9 Å². The quantitative estimate of drug-likeness (QED) is 0.450. The number of nitrogens with zero attached hydrogens (tertiary/aromatic N) is 1. The molecule has 190 valence electrons. The molecular weight excluding hydrogens is 483 g/mol. The number of amides is 1. The van der Waals surface area contributed by atoms with Crippen LogP contribution in [0, 0.1) is 11.7 Å². The summed E-state index contributed by atoms with van der Waals surface area (Å²) in [6.45, 7) is 4.24. The summed E-state index contributed by atoms with van der Waals surface area (Å²) in [7, 11) is -4.25. The number of fused-ring (bicyclic) bond motifs is 1. The molecule has 3 aromatic rings. The van der Waals surface area contributed by atoms with Crippen LogP contribution in [-0.4, -0.2) is 34.1 Å². The monoisotopic (exact) mass is 512 g/mol. The van der Waals surface area contributed by atoms with Crippen LogP contribution in [0.15, 0.2) is 77.7 Å². The first-order valence-electron chi connectivity index (χ1n) is 11.8. The summed E-state index contributed by atoms with van der Waals surface area (Å²) in [6.07, 6.45) is 0.671. The van der Waals surface area contributed by atoms with Crippen molar-refractivity contribution in [1.29, 1.82) is 0 Å². The van der Waals surface area contributed by atoms with E-state index in [1.54, 1.807) is 0 Å². The topological polar surface area (TPSA) is 84.9 Å². The Labute approximate surface area is 210 Å². The Hall–Kier alpha value is -3.59. The second kappa shape index (κ2) is 11.0. The molecule has 1 atom stereocenters. The predicted molar refractivity (Wildman–Crippen MR) is 135 cm³/mol. The molecule has 1 N–H and O–H groups in total. The lowest BCUT2D eigenvalue weighted by atomic mass is 9.97. The molecule has 1 aliphatic heterocycles.